The summed E-state index contributed by atoms with van der Waals surface area (Å²) in [6.45, 7) is 0.312. The minimum absolute atomic E-state index is 0.287. The van der Waals surface area contributed by atoms with Crippen molar-refractivity contribution in [1.29, 1.82) is 0 Å². The van der Waals surface area contributed by atoms with E-state index in [0.29, 0.717) is 52.0 Å². The fourth-order valence-electron chi connectivity index (χ4n) is 3.91. The van der Waals surface area contributed by atoms with E-state index in [4.69, 9.17) is 23.2 Å². The Hall–Kier alpha value is -4.48. The van der Waals surface area contributed by atoms with Gasteiger partial charge in [0.15, 0.2) is 0 Å². The van der Waals surface area contributed by atoms with Gasteiger partial charge in [0.2, 0.25) is 5.91 Å². The Balaban J connectivity index is 1.42. The molecule has 3 heterocycles. The molecule has 0 fully saturated rings. The molecule has 0 saturated carbocycles. The Labute approximate surface area is 226 Å². The van der Waals surface area contributed by atoms with Crippen molar-refractivity contribution in [2.24, 2.45) is 0 Å². The maximum Gasteiger partial charge on any atom is 0.319 e. The molecule has 3 amide bonds. The number of nitrogens with zero attached hydrogens (tertiary/aromatic N) is 5. The number of H-pyrrole nitrogens is 1. The van der Waals surface area contributed by atoms with Gasteiger partial charge in [-0.3, -0.25) is 4.79 Å². The van der Waals surface area contributed by atoms with Crippen LogP contribution < -0.4 is 16.0 Å². The number of carbonyl (C=O) groups excluding carboxylic acids is 2. The highest BCUT2D eigenvalue weighted by Gasteiger charge is 2.21. The first-order valence-electron chi connectivity index (χ1n) is 11.5. The Morgan fingerprint density at radius 3 is 2.87 bits per heavy atom. The molecule has 2 bridgehead atoms. The Bertz CT molecular complexity index is 1530. The van der Waals surface area contributed by atoms with E-state index >= 15 is 0 Å². The van der Waals surface area contributed by atoms with Gasteiger partial charge in [-0.2, -0.15) is 4.68 Å². The summed E-state index contributed by atoms with van der Waals surface area (Å²) in [7, 11) is 0. The van der Waals surface area contributed by atoms with E-state index in [1.807, 2.05) is 18.2 Å². The molecule has 0 spiro atoms. The van der Waals surface area contributed by atoms with Gasteiger partial charge in [-0.15, -0.1) is 5.10 Å². The fraction of sp³-hybridized carbons (Fsp3) is 0.120. The first kappa shape index (κ1) is 25.2. The summed E-state index contributed by atoms with van der Waals surface area (Å²) in [6.07, 6.45) is 8.53. The summed E-state index contributed by atoms with van der Waals surface area (Å²) in [6, 6.07) is 11.5. The van der Waals surface area contributed by atoms with Crippen molar-refractivity contribution >= 4 is 46.9 Å². The number of tetrazole rings is 1. The van der Waals surface area contributed by atoms with Crippen molar-refractivity contribution < 1.29 is 9.59 Å². The van der Waals surface area contributed by atoms with Crippen LogP contribution in [0.2, 0.25) is 10.2 Å². The van der Waals surface area contributed by atoms with Crippen LogP contribution in [0.3, 0.4) is 0 Å². The smallest absolute Gasteiger partial charge is 0.319 e. The normalized spacial score (nSPS) is 16.4. The molecule has 4 aromatic rings. The average molecular weight is 550 g/mol. The van der Waals surface area contributed by atoms with Crippen LogP contribution in [0.1, 0.15) is 23.9 Å². The number of aromatic nitrogens is 6. The van der Waals surface area contributed by atoms with Crippen molar-refractivity contribution in [3.63, 3.8) is 0 Å². The first-order chi connectivity index (χ1) is 18.5. The Kier molecular flexibility index (Phi) is 7.47. The van der Waals surface area contributed by atoms with E-state index in [9.17, 15) is 9.59 Å². The highest BCUT2D eigenvalue weighted by atomic mass is 35.5. The molecule has 192 valence electrons. The number of hydrogen-bond acceptors (Lipinski definition) is 6. The highest BCUT2D eigenvalue weighted by Crippen LogP contribution is 2.33. The molecule has 0 unspecified atom stereocenters. The molecule has 1 aliphatic rings. The first-order valence-corrected chi connectivity index (χ1v) is 12.3. The van der Waals surface area contributed by atoms with Crippen LogP contribution in [-0.4, -0.2) is 48.7 Å². The molecule has 1 aliphatic heterocycles. The summed E-state index contributed by atoms with van der Waals surface area (Å²) < 4.78 is 1.48. The molecular weight excluding hydrogens is 529 g/mol. The second-order valence-electron chi connectivity index (χ2n) is 8.22. The molecule has 0 aliphatic carbocycles. The van der Waals surface area contributed by atoms with Gasteiger partial charge in [0, 0.05) is 28.8 Å². The number of halogens is 2. The molecule has 0 radical (unpaired) electrons. The molecule has 1 atom stereocenters. The van der Waals surface area contributed by atoms with Gasteiger partial charge in [-0.1, -0.05) is 53.6 Å². The molecular formula is C25H21Cl2N9O2. The van der Waals surface area contributed by atoms with Crippen LogP contribution in [0.15, 0.2) is 67.0 Å². The van der Waals surface area contributed by atoms with Gasteiger partial charge in [0.05, 0.1) is 17.4 Å². The summed E-state index contributed by atoms with van der Waals surface area (Å²) in [5, 5.41) is 20.6. The molecule has 4 N–H and O–H groups in total. The Morgan fingerprint density at radius 1 is 1.16 bits per heavy atom. The van der Waals surface area contributed by atoms with Crippen LogP contribution in [0.4, 0.5) is 10.5 Å². The van der Waals surface area contributed by atoms with Crippen molar-refractivity contribution in [2.45, 2.75) is 12.5 Å². The zero-order chi connectivity index (χ0) is 26.5. The van der Waals surface area contributed by atoms with E-state index in [1.54, 1.807) is 42.5 Å². The van der Waals surface area contributed by atoms with Crippen molar-refractivity contribution in [3.8, 4) is 16.9 Å². The number of carbonyl (C=O) groups is 2. The van der Waals surface area contributed by atoms with Crippen molar-refractivity contribution in [1.82, 2.24) is 40.8 Å². The van der Waals surface area contributed by atoms with Gasteiger partial charge < -0.3 is 20.9 Å². The predicted octanol–water partition coefficient (Wildman–Crippen LogP) is 4.31. The van der Waals surface area contributed by atoms with E-state index < -0.39 is 6.04 Å². The fourth-order valence-corrected chi connectivity index (χ4v) is 4.33. The monoisotopic (exact) mass is 549 g/mol. The zero-order valence-electron chi connectivity index (χ0n) is 19.7. The molecule has 0 saturated heterocycles. The van der Waals surface area contributed by atoms with Gasteiger partial charge in [-0.05, 0) is 47.2 Å². The van der Waals surface area contributed by atoms with Crippen LogP contribution in [0.25, 0.3) is 23.0 Å². The molecule has 13 heteroatoms. The van der Waals surface area contributed by atoms with Crippen LogP contribution in [0, 0.1) is 0 Å². The quantitative estimate of drug-likeness (QED) is 0.220. The standard InChI is InChI=1S/C25H21Cl2N9O2/c26-16-9-10-20(36-14-29-34-35-36)15(13-16)8-11-21(37)30-19-7-3-4-12-28-25(38)31-18-6-2-1-5-17(18)22-23(27)33-24(19)32-22/h1-6,8-11,13-14,19H,7,12H2,(H,30,37)(H,32,33)(H2,28,31,38)/b4-3+,11-8+/t19-/m0/s1. The van der Waals surface area contributed by atoms with Gasteiger partial charge in [0.25, 0.3) is 0 Å². The second-order valence-corrected chi connectivity index (χ2v) is 9.04. The van der Waals surface area contributed by atoms with Gasteiger partial charge in [0.1, 0.15) is 23.0 Å². The van der Waals surface area contributed by atoms with E-state index in [1.165, 1.54) is 17.1 Å². The minimum atomic E-state index is -0.524. The lowest BCUT2D eigenvalue weighted by Crippen LogP contribution is -2.29. The number of hydrogen-bond donors (Lipinski definition) is 4. The van der Waals surface area contributed by atoms with Crippen LogP contribution in [-0.2, 0) is 4.79 Å². The number of urea groups is 1. The number of fused-ring (bicyclic) bond motifs is 4. The third-order valence-electron chi connectivity index (χ3n) is 5.67. The number of imidazole rings is 1. The van der Waals surface area contributed by atoms with E-state index in [-0.39, 0.29) is 17.1 Å². The molecule has 38 heavy (non-hydrogen) atoms. The number of rotatable bonds is 4. The van der Waals surface area contributed by atoms with E-state index in [0.717, 1.165) is 0 Å². The van der Waals surface area contributed by atoms with Crippen LogP contribution in [0.5, 0.6) is 0 Å². The molecule has 2 aromatic heterocycles. The number of nitrogens with one attached hydrogen (secondary N) is 4. The van der Waals surface area contributed by atoms with E-state index in [2.05, 4.69) is 41.4 Å². The lowest BCUT2D eigenvalue weighted by molar-refractivity contribution is -0.117. The number of anilines is 1. The molecule has 11 nitrogen and oxygen atoms in total. The predicted molar refractivity (Wildman–Crippen MR) is 144 cm³/mol. The lowest BCUT2D eigenvalue weighted by Gasteiger charge is -2.14. The summed E-state index contributed by atoms with van der Waals surface area (Å²) in [5.74, 6) is 0.113. The number of benzene rings is 2. The second kappa shape index (κ2) is 11.3. The number of para-hydroxylation sites is 1. The van der Waals surface area contributed by atoms with Crippen molar-refractivity contribution in [3.05, 3.63) is 88.6 Å². The van der Waals surface area contributed by atoms with Crippen molar-refractivity contribution in [2.75, 3.05) is 11.9 Å². The van der Waals surface area contributed by atoms with Gasteiger partial charge in [-0.25, -0.2) is 9.78 Å². The molecule has 5 rings (SSSR count). The van der Waals surface area contributed by atoms with Gasteiger partial charge >= 0.3 is 6.03 Å². The summed E-state index contributed by atoms with van der Waals surface area (Å²) in [4.78, 5) is 33.1. The topological polar surface area (TPSA) is 143 Å². The maximum atomic E-state index is 13.0. The minimum Gasteiger partial charge on any atom is -0.342 e. The summed E-state index contributed by atoms with van der Waals surface area (Å²) in [5.41, 5.74) is 2.96. The Morgan fingerprint density at radius 2 is 2.03 bits per heavy atom. The maximum absolute atomic E-state index is 13.0. The third-order valence-corrected chi connectivity index (χ3v) is 6.18. The lowest BCUT2D eigenvalue weighted by atomic mass is 10.1. The number of amides is 3. The van der Waals surface area contributed by atoms with Crippen LogP contribution >= 0.6 is 23.2 Å². The summed E-state index contributed by atoms with van der Waals surface area (Å²) >= 11 is 12.7. The average Bonchev–Trinajstić information content (AvgIpc) is 3.57. The third kappa shape index (κ3) is 5.74. The molecule has 2 aromatic carbocycles. The SMILES string of the molecule is O=C(/C=C/c1cc(Cl)ccc1-n1cnnn1)N[C@H]1C/C=C/CNC(=O)Nc2ccccc2-c2nc1[nH]c2Cl. The largest absolute Gasteiger partial charge is 0.342 e. The number of aromatic amines is 1. The zero-order valence-corrected chi connectivity index (χ0v) is 21.2. The highest BCUT2D eigenvalue weighted by molar-refractivity contribution is 6.32.